The molecule has 1 amide bonds. The molecule has 108 valence electrons. The van der Waals surface area contributed by atoms with Crippen LogP contribution in [0.5, 0.6) is 0 Å². The van der Waals surface area contributed by atoms with Gasteiger partial charge in [0.05, 0.1) is 18.2 Å². The molecule has 1 saturated heterocycles. The zero-order valence-corrected chi connectivity index (χ0v) is 11.7. The third kappa shape index (κ3) is 2.60. The second kappa shape index (κ2) is 5.01. The third-order valence-corrected chi connectivity index (χ3v) is 4.16. The maximum atomic E-state index is 12.2. The summed E-state index contributed by atoms with van der Waals surface area (Å²) in [6, 6.07) is 1.71. The third-order valence-electron chi connectivity index (χ3n) is 4.16. The standard InChI is InChI=1S/C14H20N4O2/c1-9-6-11(18-13(15)16-9)12(19)17-10-7-14(20-8-10)4-2-3-5-14/h6,10H,2-5,7-8H2,1H3,(H,17,19)(H2,15,16,18). The van der Waals surface area contributed by atoms with Crippen LogP contribution in [0.15, 0.2) is 6.07 Å². The maximum Gasteiger partial charge on any atom is 0.270 e. The van der Waals surface area contributed by atoms with Crippen molar-refractivity contribution < 1.29 is 9.53 Å². The van der Waals surface area contributed by atoms with E-state index >= 15 is 0 Å². The number of anilines is 1. The zero-order chi connectivity index (χ0) is 14.2. The molecular weight excluding hydrogens is 256 g/mol. The van der Waals surface area contributed by atoms with E-state index in [-0.39, 0.29) is 23.5 Å². The minimum absolute atomic E-state index is 0.0125. The molecule has 20 heavy (non-hydrogen) atoms. The number of aryl methyl sites for hydroxylation is 1. The van der Waals surface area contributed by atoms with Crippen LogP contribution in [0.4, 0.5) is 5.95 Å². The van der Waals surface area contributed by atoms with Gasteiger partial charge in [0.1, 0.15) is 5.69 Å². The summed E-state index contributed by atoms with van der Waals surface area (Å²) < 4.78 is 5.93. The summed E-state index contributed by atoms with van der Waals surface area (Å²) in [7, 11) is 0. The lowest BCUT2D eigenvalue weighted by Crippen LogP contribution is -2.36. The number of carbonyl (C=O) groups is 1. The lowest BCUT2D eigenvalue weighted by molar-refractivity contribution is 0.00987. The number of nitrogen functional groups attached to an aromatic ring is 1. The van der Waals surface area contributed by atoms with Gasteiger partial charge in [0, 0.05) is 5.69 Å². The Morgan fingerprint density at radius 1 is 1.45 bits per heavy atom. The number of nitrogens with two attached hydrogens (primary N) is 1. The first kappa shape index (κ1) is 13.3. The average Bonchev–Trinajstić information content (AvgIpc) is 2.99. The number of ether oxygens (including phenoxy) is 1. The molecule has 1 spiro atoms. The highest BCUT2D eigenvalue weighted by Gasteiger charge is 2.42. The topological polar surface area (TPSA) is 90.1 Å². The summed E-state index contributed by atoms with van der Waals surface area (Å²) in [4.78, 5) is 20.1. The van der Waals surface area contributed by atoms with Crippen molar-refractivity contribution in [2.45, 2.75) is 50.7 Å². The van der Waals surface area contributed by atoms with Crippen LogP contribution in [0.1, 0.15) is 48.3 Å². The number of hydrogen-bond donors (Lipinski definition) is 2. The largest absolute Gasteiger partial charge is 0.373 e. The monoisotopic (exact) mass is 276 g/mol. The molecule has 6 heteroatoms. The highest BCUT2D eigenvalue weighted by atomic mass is 16.5. The zero-order valence-electron chi connectivity index (χ0n) is 11.7. The highest BCUT2D eigenvalue weighted by molar-refractivity contribution is 5.92. The summed E-state index contributed by atoms with van der Waals surface area (Å²) in [5, 5.41) is 2.99. The highest BCUT2D eigenvalue weighted by Crippen LogP contribution is 2.40. The van der Waals surface area contributed by atoms with Gasteiger partial charge in [0.25, 0.3) is 5.91 Å². The second-order valence-corrected chi connectivity index (χ2v) is 5.83. The molecule has 3 rings (SSSR count). The van der Waals surface area contributed by atoms with Gasteiger partial charge in [0.15, 0.2) is 0 Å². The van der Waals surface area contributed by atoms with Gasteiger partial charge in [-0.1, -0.05) is 12.8 Å². The molecule has 1 aliphatic heterocycles. The van der Waals surface area contributed by atoms with Crippen LogP contribution in [0.25, 0.3) is 0 Å². The van der Waals surface area contributed by atoms with E-state index in [2.05, 4.69) is 15.3 Å². The van der Waals surface area contributed by atoms with Crippen LogP contribution in [0, 0.1) is 6.92 Å². The minimum atomic E-state index is -0.203. The van der Waals surface area contributed by atoms with E-state index in [1.165, 1.54) is 12.8 Å². The van der Waals surface area contributed by atoms with Gasteiger partial charge in [-0.3, -0.25) is 4.79 Å². The first-order chi connectivity index (χ1) is 9.56. The molecular formula is C14H20N4O2. The van der Waals surface area contributed by atoms with E-state index in [9.17, 15) is 4.79 Å². The molecule has 3 N–H and O–H groups in total. The van der Waals surface area contributed by atoms with Crippen molar-refractivity contribution in [3.63, 3.8) is 0 Å². The van der Waals surface area contributed by atoms with E-state index in [0.717, 1.165) is 19.3 Å². The number of hydrogen-bond acceptors (Lipinski definition) is 5. The van der Waals surface area contributed by atoms with Crippen molar-refractivity contribution in [3.05, 3.63) is 17.5 Å². The molecule has 1 aromatic rings. The minimum Gasteiger partial charge on any atom is -0.373 e. The molecule has 2 fully saturated rings. The Labute approximate surface area is 118 Å². The van der Waals surface area contributed by atoms with E-state index in [1.54, 1.807) is 13.0 Å². The fraction of sp³-hybridized carbons (Fsp3) is 0.643. The molecule has 2 heterocycles. The van der Waals surface area contributed by atoms with Crippen molar-refractivity contribution in [1.29, 1.82) is 0 Å². The predicted octanol–water partition coefficient (Wildman–Crippen LogP) is 1.20. The Kier molecular flexibility index (Phi) is 3.33. The lowest BCUT2D eigenvalue weighted by Gasteiger charge is -2.21. The van der Waals surface area contributed by atoms with Gasteiger partial charge in [0.2, 0.25) is 5.95 Å². The molecule has 1 aromatic heterocycles. The number of nitrogens with zero attached hydrogens (tertiary/aromatic N) is 2. The number of rotatable bonds is 2. The first-order valence-electron chi connectivity index (χ1n) is 7.12. The van der Waals surface area contributed by atoms with E-state index in [4.69, 9.17) is 10.5 Å². The van der Waals surface area contributed by atoms with Crippen molar-refractivity contribution >= 4 is 11.9 Å². The molecule has 0 bridgehead atoms. The molecule has 1 atom stereocenters. The molecule has 1 saturated carbocycles. The van der Waals surface area contributed by atoms with Crippen molar-refractivity contribution in [1.82, 2.24) is 15.3 Å². The van der Waals surface area contributed by atoms with Crippen LogP contribution in [-0.2, 0) is 4.74 Å². The van der Waals surface area contributed by atoms with E-state index in [1.807, 2.05) is 0 Å². The van der Waals surface area contributed by atoms with Crippen LogP contribution < -0.4 is 11.1 Å². The molecule has 1 aliphatic carbocycles. The maximum absolute atomic E-state index is 12.2. The van der Waals surface area contributed by atoms with Crippen LogP contribution in [0.3, 0.4) is 0 Å². The van der Waals surface area contributed by atoms with Crippen molar-refractivity contribution in [2.24, 2.45) is 0 Å². The molecule has 2 aliphatic rings. The quantitative estimate of drug-likeness (QED) is 0.847. The summed E-state index contributed by atoms with van der Waals surface area (Å²) in [6.07, 6.45) is 5.57. The van der Waals surface area contributed by atoms with E-state index < -0.39 is 0 Å². The van der Waals surface area contributed by atoms with Gasteiger partial charge in [-0.2, -0.15) is 0 Å². The van der Waals surface area contributed by atoms with Gasteiger partial charge in [-0.15, -0.1) is 0 Å². The Hall–Kier alpha value is -1.69. The average molecular weight is 276 g/mol. The predicted molar refractivity (Wildman–Crippen MR) is 74.2 cm³/mol. The van der Waals surface area contributed by atoms with Crippen molar-refractivity contribution in [2.75, 3.05) is 12.3 Å². The SMILES string of the molecule is Cc1cc(C(=O)NC2COC3(CCCC3)C2)nc(N)n1. The van der Waals surface area contributed by atoms with Gasteiger partial charge in [-0.25, -0.2) is 9.97 Å². The summed E-state index contributed by atoms with van der Waals surface area (Å²) in [5.41, 5.74) is 6.60. The van der Waals surface area contributed by atoms with Gasteiger partial charge < -0.3 is 15.8 Å². The Balaban J connectivity index is 1.65. The summed E-state index contributed by atoms with van der Waals surface area (Å²) in [6.45, 7) is 2.38. The Morgan fingerprint density at radius 2 is 2.20 bits per heavy atom. The number of carbonyl (C=O) groups excluding carboxylic acids is 1. The molecule has 6 nitrogen and oxygen atoms in total. The number of aromatic nitrogens is 2. The number of nitrogens with one attached hydrogen (secondary N) is 1. The second-order valence-electron chi connectivity index (χ2n) is 5.83. The normalized spacial score (nSPS) is 24.1. The van der Waals surface area contributed by atoms with Gasteiger partial charge >= 0.3 is 0 Å². The molecule has 0 aromatic carbocycles. The van der Waals surface area contributed by atoms with Crippen LogP contribution in [-0.4, -0.2) is 34.1 Å². The Morgan fingerprint density at radius 3 is 2.90 bits per heavy atom. The fourth-order valence-electron chi connectivity index (χ4n) is 3.27. The first-order valence-corrected chi connectivity index (χ1v) is 7.12. The Bertz CT molecular complexity index is 506. The molecule has 1 unspecified atom stereocenters. The smallest absolute Gasteiger partial charge is 0.270 e. The fourth-order valence-corrected chi connectivity index (χ4v) is 3.27. The summed E-state index contributed by atoms with van der Waals surface area (Å²) in [5.74, 6) is -0.0732. The van der Waals surface area contributed by atoms with E-state index in [0.29, 0.717) is 18.0 Å². The lowest BCUT2D eigenvalue weighted by atomic mass is 9.96. The van der Waals surface area contributed by atoms with Crippen molar-refractivity contribution in [3.8, 4) is 0 Å². The van der Waals surface area contributed by atoms with Crippen LogP contribution >= 0.6 is 0 Å². The summed E-state index contributed by atoms with van der Waals surface area (Å²) >= 11 is 0. The van der Waals surface area contributed by atoms with Gasteiger partial charge in [-0.05, 0) is 32.3 Å². The van der Waals surface area contributed by atoms with Crippen LogP contribution in [0.2, 0.25) is 0 Å². The molecule has 0 radical (unpaired) electrons. The number of amides is 1.